The first-order chi connectivity index (χ1) is 14.7. The van der Waals surface area contributed by atoms with Gasteiger partial charge in [-0.15, -0.1) is 0 Å². The molecule has 1 saturated heterocycles. The van der Waals surface area contributed by atoms with Crippen molar-refractivity contribution in [2.45, 2.75) is 32.1 Å². The maximum absolute atomic E-state index is 13.5. The third kappa shape index (κ3) is 5.23. The molecule has 0 spiro atoms. The summed E-state index contributed by atoms with van der Waals surface area (Å²) in [4.78, 5) is 15.5. The molecular formula is C22H21ClF3N3O2. The number of likely N-dealkylation sites (tertiary alicyclic amines) is 1. The highest BCUT2D eigenvalue weighted by Crippen LogP contribution is 2.35. The zero-order chi connectivity index (χ0) is 22.6. The van der Waals surface area contributed by atoms with Crippen LogP contribution in [0.15, 0.2) is 42.5 Å². The summed E-state index contributed by atoms with van der Waals surface area (Å²) >= 11 is 6.19. The number of anilines is 1. The third-order valence-corrected chi connectivity index (χ3v) is 5.51. The van der Waals surface area contributed by atoms with Gasteiger partial charge >= 0.3 is 12.3 Å². The number of amides is 1. The molecule has 1 amide bonds. The van der Waals surface area contributed by atoms with Crippen molar-refractivity contribution in [3.8, 4) is 6.07 Å². The average molecular weight is 452 g/mol. The molecule has 0 N–H and O–H groups in total. The fraction of sp³-hybridized carbons (Fsp3) is 0.364. The predicted octanol–water partition coefficient (Wildman–Crippen LogP) is 5.47. The Hall–Kier alpha value is -2.92. The molecule has 0 bridgehead atoms. The Labute approximate surface area is 183 Å². The number of hydrogen-bond donors (Lipinski definition) is 0. The monoisotopic (exact) mass is 451 g/mol. The number of hydrogen-bond acceptors (Lipinski definition) is 4. The molecule has 31 heavy (non-hydrogen) atoms. The molecule has 0 aromatic heterocycles. The summed E-state index contributed by atoms with van der Waals surface area (Å²) in [5, 5.41) is 9.35. The molecule has 2 aromatic rings. The molecule has 9 heteroatoms. The molecule has 1 atom stereocenters. The topological polar surface area (TPSA) is 56.6 Å². The molecule has 0 aliphatic carbocycles. The second-order valence-corrected chi connectivity index (χ2v) is 7.55. The lowest BCUT2D eigenvalue weighted by molar-refractivity contribution is -0.138. The zero-order valence-electron chi connectivity index (χ0n) is 16.8. The van der Waals surface area contributed by atoms with Crippen LogP contribution in [0.4, 0.5) is 23.7 Å². The van der Waals surface area contributed by atoms with Crippen molar-refractivity contribution in [3.63, 3.8) is 0 Å². The average Bonchev–Trinajstić information content (AvgIpc) is 3.22. The molecule has 0 radical (unpaired) electrons. The van der Waals surface area contributed by atoms with E-state index in [2.05, 4.69) is 0 Å². The summed E-state index contributed by atoms with van der Waals surface area (Å²) in [6.07, 6.45) is -4.37. The van der Waals surface area contributed by atoms with E-state index in [4.69, 9.17) is 21.6 Å². The van der Waals surface area contributed by atoms with Crippen LogP contribution in [0.5, 0.6) is 0 Å². The van der Waals surface area contributed by atoms with Crippen LogP contribution in [-0.4, -0.2) is 36.7 Å². The van der Waals surface area contributed by atoms with Crippen LogP contribution in [0, 0.1) is 11.3 Å². The molecule has 5 nitrogen and oxygen atoms in total. The molecule has 3 rings (SSSR count). The highest BCUT2D eigenvalue weighted by molar-refractivity contribution is 6.32. The summed E-state index contributed by atoms with van der Waals surface area (Å²) in [5.74, 6) is 0. The Bertz CT molecular complexity index is 991. The molecule has 1 heterocycles. The van der Waals surface area contributed by atoms with Gasteiger partial charge in [0.1, 0.15) is 6.07 Å². The second-order valence-electron chi connectivity index (χ2n) is 7.15. The minimum absolute atomic E-state index is 0.0285. The maximum Gasteiger partial charge on any atom is 0.416 e. The Morgan fingerprint density at radius 3 is 2.71 bits per heavy atom. The minimum Gasteiger partial charge on any atom is -0.450 e. The smallest absolute Gasteiger partial charge is 0.416 e. The molecule has 1 fully saturated rings. The van der Waals surface area contributed by atoms with Gasteiger partial charge in [0.15, 0.2) is 0 Å². The lowest BCUT2D eigenvalue weighted by Crippen LogP contribution is -2.39. The van der Waals surface area contributed by atoms with E-state index in [1.807, 2.05) is 6.07 Å². The number of alkyl halides is 3. The number of halogens is 4. The first kappa shape index (κ1) is 22.8. The van der Waals surface area contributed by atoms with Crippen molar-refractivity contribution < 1.29 is 22.7 Å². The van der Waals surface area contributed by atoms with Crippen molar-refractivity contribution in [2.24, 2.45) is 0 Å². The zero-order valence-corrected chi connectivity index (χ0v) is 17.6. The van der Waals surface area contributed by atoms with Crippen molar-refractivity contribution >= 4 is 23.4 Å². The summed E-state index contributed by atoms with van der Waals surface area (Å²) in [6, 6.07) is 11.9. The van der Waals surface area contributed by atoms with Gasteiger partial charge in [-0.1, -0.05) is 29.8 Å². The minimum atomic E-state index is -4.49. The number of ether oxygens (including phenoxy) is 1. The van der Waals surface area contributed by atoms with Crippen LogP contribution >= 0.6 is 11.6 Å². The number of rotatable bonds is 5. The van der Waals surface area contributed by atoms with E-state index in [0.717, 1.165) is 6.07 Å². The van der Waals surface area contributed by atoms with Gasteiger partial charge in [0.2, 0.25) is 0 Å². The Kier molecular flexibility index (Phi) is 6.96. The lowest BCUT2D eigenvalue weighted by Gasteiger charge is -2.32. The van der Waals surface area contributed by atoms with E-state index < -0.39 is 17.8 Å². The predicted molar refractivity (Wildman–Crippen MR) is 111 cm³/mol. The van der Waals surface area contributed by atoms with Gasteiger partial charge < -0.3 is 14.5 Å². The normalized spacial score (nSPS) is 16.1. The highest BCUT2D eigenvalue weighted by atomic mass is 35.5. The van der Waals surface area contributed by atoms with Crippen LogP contribution in [0.3, 0.4) is 0 Å². The number of benzene rings is 2. The van der Waals surface area contributed by atoms with E-state index in [0.29, 0.717) is 25.2 Å². The first-order valence-corrected chi connectivity index (χ1v) is 10.2. The van der Waals surface area contributed by atoms with Crippen LogP contribution in [-0.2, 0) is 17.5 Å². The van der Waals surface area contributed by atoms with Crippen molar-refractivity contribution in [3.05, 3.63) is 64.2 Å². The molecule has 2 aromatic carbocycles. The van der Waals surface area contributed by atoms with Crippen molar-refractivity contribution in [1.82, 2.24) is 4.90 Å². The van der Waals surface area contributed by atoms with E-state index in [1.165, 1.54) is 12.1 Å². The number of nitrogens with zero attached hydrogens (tertiary/aromatic N) is 3. The summed E-state index contributed by atoms with van der Waals surface area (Å²) < 4.78 is 45.7. The second kappa shape index (κ2) is 9.48. The van der Waals surface area contributed by atoms with Gasteiger partial charge in [0, 0.05) is 31.4 Å². The SMILES string of the molecule is CCOC(=O)N1CC[C@H](N(Cc2ccccc2C(F)(F)F)c2ccc(C#N)c(Cl)c2)C1. The Morgan fingerprint density at radius 2 is 2.06 bits per heavy atom. The lowest BCUT2D eigenvalue weighted by atomic mass is 10.0. The largest absolute Gasteiger partial charge is 0.450 e. The number of nitriles is 1. The van der Waals surface area contributed by atoms with Gasteiger partial charge in [-0.3, -0.25) is 0 Å². The summed E-state index contributed by atoms with van der Waals surface area (Å²) in [7, 11) is 0. The van der Waals surface area contributed by atoms with Crippen LogP contribution in [0.2, 0.25) is 5.02 Å². The Balaban J connectivity index is 1.96. The number of carbonyl (C=O) groups excluding carboxylic acids is 1. The standard InChI is InChI=1S/C22H21ClF3N3O2/c1-2-31-21(30)28-10-9-18(14-28)29(17-8-7-15(12-27)20(23)11-17)13-16-5-3-4-6-19(16)22(24,25)26/h3-8,11,18H,2,9-10,13-14H2,1H3/t18-/m0/s1. The molecule has 0 unspecified atom stereocenters. The molecule has 1 aliphatic rings. The van der Waals surface area contributed by atoms with Gasteiger partial charge in [-0.2, -0.15) is 18.4 Å². The number of carbonyl (C=O) groups is 1. The van der Waals surface area contributed by atoms with E-state index in [1.54, 1.807) is 41.0 Å². The molecule has 1 aliphatic heterocycles. The van der Waals surface area contributed by atoms with Crippen LogP contribution in [0.25, 0.3) is 0 Å². The first-order valence-electron chi connectivity index (χ1n) is 9.77. The third-order valence-electron chi connectivity index (χ3n) is 5.20. The fourth-order valence-electron chi connectivity index (χ4n) is 3.70. The van der Waals surface area contributed by atoms with Crippen molar-refractivity contribution in [1.29, 1.82) is 5.26 Å². The summed E-state index contributed by atoms with van der Waals surface area (Å²) in [6.45, 7) is 2.67. The van der Waals surface area contributed by atoms with Gasteiger partial charge in [0.05, 0.1) is 22.8 Å². The van der Waals surface area contributed by atoms with Gasteiger partial charge in [0.25, 0.3) is 0 Å². The summed E-state index contributed by atoms with van der Waals surface area (Å²) in [5.41, 5.74) is 0.266. The van der Waals surface area contributed by atoms with E-state index in [9.17, 15) is 18.0 Å². The van der Waals surface area contributed by atoms with E-state index in [-0.39, 0.29) is 35.3 Å². The van der Waals surface area contributed by atoms with Crippen LogP contribution < -0.4 is 4.90 Å². The van der Waals surface area contributed by atoms with E-state index >= 15 is 0 Å². The van der Waals surface area contributed by atoms with Crippen LogP contribution in [0.1, 0.15) is 30.0 Å². The van der Waals surface area contributed by atoms with Gasteiger partial charge in [-0.05, 0) is 43.2 Å². The maximum atomic E-state index is 13.5. The fourth-order valence-corrected chi connectivity index (χ4v) is 3.92. The highest BCUT2D eigenvalue weighted by Gasteiger charge is 2.36. The molecule has 0 saturated carbocycles. The van der Waals surface area contributed by atoms with Crippen molar-refractivity contribution in [2.75, 3.05) is 24.6 Å². The quantitative estimate of drug-likeness (QED) is 0.605. The molecular weight excluding hydrogens is 431 g/mol. The van der Waals surface area contributed by atoms with Gasteiger partial charge in [-0.25, -0.2) is 4.79 Å². The molecule has 164 valence electrons. The Morgan fingerprint density at radius 1 is 1.32 bits per heavy atom.